The summed E-state index contributed by atoms with van der Waals surface area (Å²) in [5.74, 6) is 0. The van der Waals surface area contributed by atoms with Gasteiger partial charge in [-0.25, -0.2) is 0 Å². The molecule has 59 heavy (non-hydrogen) atoms. The molecule has 0 bridgehead atoms. The molecule has 8 aromatic carbocycles. The fraction of sp³-hybridized carbons (Fsp3) is 0.0566. The van der Waals surface area contributed by atoms with Crippen LogP contribution in [0.2, 0.25) is 0 Å². The molecule has 0 amide bonds. The van der Waals surface area contributed by atoms with Crippen LogP contribution in [-0.4, -0.2) is 14.8 Å². The highest BCUT2D eigenvalue weighted by Crippen LogP contribution is 2.53. The van der Waals surface area contributed by atoms with Gasteiger partial charge in [0.05, 0.1) is 45.7 Å². The first-order valence-corrected chi connectivity index (χ1v) is 19.5. The van der Waals surface area contributed by atoms with Gasteiger partial charge in [0, 0.05) is 27.5 Å². The number of aliphatic hydroxyl groups excluding tert-OH is 1. The first-order valence-electron chi connectivity index (χ1n) is 19.5. The fourth-order valence-electron chi connectivity index (χ4n) is 8.96. The van der Waals surface area contributed by atoms with Crippen molar-refractivity contribution in [2.75, 3.05) is 4.90 Å². The van der Waals surface area contributed by atoms with E-state index in [0.29, 0.717) is 27.9 Å². The van der Waals surface area contributed by atoms with Gasteiger partial charge in [0.1, 0.15) is 0 Å². The maximum atomic E-state index is 13.2. The molecule has 1 aliphatic rings. The molecule has 0 saturated carbocycles. The molecule has 1 aliphatic heterocycles. The number of hydrogen-bond donors (Lipinski definition) is 2. The van der Waals surface area contributed by atoms with E-state index in [9.17, 15) is 20.7 Å². The zero-order valence-electron chi connectivity index (χ0n) is 32.1. The normalized spacial score (nSPS) is 15.9. The Labute approximate surface area is 342 Å². The second-order valence-electron chi connectivity index (χ2n) is 15.1. The molecule has 0 saturated heterocycles. The van der Waals surface area contributed by atoms with Gasteiger partial charge in [0.15, 0.2) is 12.0 Å². The van der Waals surface area contributed by atoms with Crippen LogP contribution < -0.4 is 4.90 Å². The number of benzene rings is 8. The quantitative estimate of drug-likeness (QED) is 0.176. The largest absolute Gasteiger partial charge is 0.369 e. The zero-order valence-corrected chi connectivity index (χ0v) is 32.1. The molecule has 0 radical (unpaired) electrons. The number of fused-ring (bicyclic) bond motifs is 4. The molecule has 6 nitrogen and oxygen atoms in total. The molecule has 0 fully saturated rings. The van der Waals surface area contributed by atoms with E-state index in [4.69, 9.17) is 0 Å². The number of anilines is 1. The van der Waals surface area contributed by atoms with E-state index in [1.165, 1.54) is 0 Å². The Hall–Kier alpha value is -7.74. The van der Waals surface area contributed by atoms with Crippen LogP contribution in [0, 0.1) is 22.7 Å². The number of rotatable bonds is 6. The van der Waals surface area contributed by atoms with Crippen LogP contribution in [0.1, 0.15) is 35.4 Å². The fourth-order valence-corrected chi connectivity index (χ4v) is 8.96. The molecular formula is C53H36N4O2. The van der Waals surface area contributed by atoms with E-state index in [2.05, 4.69) is 83.4 Å². The minimum absolute atomic E-state index is 0.592. The summed E-state index contributed by atoms with van der Waals surface area (Å²) in [4.78, 5) is 1.74. The Morgan fingerprint density at radius 1 is 0.508 bits per heavy atom. The average Bonchev–Trinajstić information content (AvgIpc) is 3.72. The van der Waals surface area contributed by atoms with Gasteiger partial charge in [-0.3, -0.25) is 0 Å². The van der Waals surface area contributed by atoms with E-state index in [1.54, 1.807) is 11.8 Å². The number of aliphatic hydroxyl groups is 2. The molecule has 0 spiro atoms. The Kier molecular flexibility index (Phi) is 8.47. The summed E-state index contributed by atoms with van der Waals surface area (Å²) in [6, 6.07) is 64.6. The van der Waals surface area contributed by atoms with Crippen molar-refractivity contribution in [2.24, 2.45) is 0 Å². The predicted octanol–water partition coefficient (Wildman–Crippen LogP) is 11.9. The van der Waals surface area contributed by atoms with Gasteiger partial charge >= 0.3 is 0 Å². The summed E-state index contributed by atoms with van der Waals surface area (Å²) in [5.41, 5.74) is 11.8. The summed E-state index contributed by atoms with van der Waals surface area (Å²) < 4.78 is 2.20. The maximum absolute atomic E-state index is 13.2. The van der Waals surface area contributed by atoms with E-state index in [-0.39, 0.29) is 0 Å². The zero-order chi connectivity index (χ0) is 40.3. The Balaban J connectivity index is 1.22. The number of hydrogen-bond acceptors (Lipinski definition) is 5. The van der Waals surface area contributed by atoms with Gasteiger partial charge in [-0.15, -0.1) is 0 Å². The van der Waals surface area contributed by atoms with Crippen LogP contribution in [-0.2, 0) is 5.72 Å². The minimum atomic E-state index is -1.68. The van der Waals surface area contributed by atoms with Crippen molar-refractivity contribution in [2.45, 2.75) is 18.9 Å². The van der Waals surface area contributed by atoms with Crippen LogP contribution in [0.25, 0.3) is 72.0 Å². The molecule has 280 valence electrons. The van der Waals surface area contributed by atoms with Crippen LogP contribution >= 0.6 is 0 Å². The summed E-state index contributed by atoms with van der Waals surface area (Å²) in [7, 11) is 0. The maximum Gasteiger partial charge on any atom is 0.166 e. The molecule has 9 aromatic rings. The third-order valence-electron chi connectivity index (χ3n) is 11.7. The van der Waals surface area contributed by atoms with E-state index >= 15 is 0 Å². The standard InChI is InChI=1S/C53H36N4O2/c1-53(59)51-45(52(58)57(53)46-16-8-14-42(38-10-4-2-5-11-38)50(46)39-12-6-3-7-13-39)15-9-17-47(51)56-48-30-40(36-22-18-34(32-54)19-23-36)26-28-43(48)44-29-27-41(31-49(44)56)37-24-20-35(33-55)21-25-37/h2-31,52,58-59H,1H3. The highest BCUT2D eigenvalue weighted by atomic mass is 16.3. The van der Waals surface area contributed by atoms with Crippen molar-refractivity contribution in [3.8, 4) is 62.3 Å². The van der Waals surface area contributed by atoms with E-state index in [0.717, 1.165) is 72.0 Å². The van der Waals surface area contributed by atoms with Crippen LogP contribution in [0.5, 0.6) is 0 Å². The Morgan fingerprint density at radius 3 is 1.54 bits per heavy atom. The van der Waals surface area contributed by atoms with Crippen molar-refractivity contribution < 1.29 is 10.2 Å². The molecule has 1 aromatic heterocycles. The van der Waals surface area contributed by atoms with Gasteiger partial charge < -0.3 is 19.7 Å². The number of nitriles is 2. The Morgan fingerprint density at radius 2 is 1.00 bits per heavy atom. The smallest absolute Gasteiger partial charge is 0.166 e. The topological polar surface area (TPSA) is 96.2 Å². The second-order valence-corrected chi connectivity index (χ2v) is 15.1. The van der Waals surface area contributed by atoms with Gasteiger partial charge in [-0.05, 0) is 94.4 Å². The summed E-state index contributed by atoms with van der Waals surface area (Å²) in [5, 5.41) is 46.6. The van der Waals surface area contributed by atoms with Crippen LogP contribution in [0.15, 0.2) is 182 Å². The molecule has 2 N–H and O–H groups in total. The van der Waals surface area contributed by atoms with Gasteiger partial charge in [-0.1, -0.05) is 133 Å². The lowest BCUT2D eigenvalue weighted by atomic mass is 9.92. The SMILES string of the molecule is CC1(O)c2c(cccc2-n2c3cc(-c4ccc(C#N)cc4)ccc3c3ccc(-c4ccc(C#N)cc4)cc32)C(O)N1c1cccc(-c2ccccc2)c1-c1ccccc1. The third-order valence-corrected chi connectivity index (χ3v) is 11.7. The van der Waals surface area contributed by atoms with Crippen molar-refractivity contribution in [1.82, 2.24) is 4.57 Å². The summed E-state index contributed by atoms with van der Waals surface area (Å²) in [6.07, 6.45) is -1.18. The lowest BCUT2D eigenvalue weighted by Gasteiger charge is -2.37. The lowest BCUT2D eigenvalue weighted by Crippen LogP contribution is -2.41. The highest BCUT2D eigenvalue weighted by molar-refractivity contribution is 6.11. The monoisotopic (exact) mass is 760 g/mol. The summed E-state index contributed by atoms with van der Waals surface area (Å²) >= 11 is 0. The number of aromatic nitrogens is 1. The highest BCUT2D eigenvalue weighted by Gasteiger charge is 2.48. The lowest BCUT2D eigenvalue weighted by molar-refractivity contribution is 0.0267. The minimum Gasteiger partial charge on any atom is -0.369 e. The van der Waals surface area contributed by atoms with Crippen molar-refractivity contribution in [3.05, 3.63) is 204 Å². The molecule has 2 atom stereocenters. The second kappa shape index (κ2) is 14.0. The first-order chi connectivity index (χ1) is 28.9. The van der Waals surface area contributed by atoms with Gasteiger partial charge in [-0.2, -0.15) is 10.5 Å². The van der Waals surface area contributed by atoms with Crippen LogP contribution in [0.3, 0.4) is 0 Å². The van der Waals surface area contributed by atoms with Crippen molar-refractivity contribution in [1.29, 1.82) is 10.5 Å². The van der Waals surface area contributed by atoms with Gasteiger partial charge in [0.25, 0.3) is 0 Å². The van der Waals surface area contributed by atoms with Crippen molar-refractivity contribution in [3.63, 3.8) is 0 Å². The first kappa shape index (κ1) is 35.7. The molecule has 2 heterocycles. The van der Waals surface area contributed by atoms with Crippen molar-refractivity contribution >= 4 is 27.5 Å². The predicted molar refractivity (Wildman–Crippen MR) is 235 cm³/mol. The molecule has 10 rings (SSSR count). The molecular weight excluding hydrogens is 725 g/mol. The molecule has 0 aliphatic carbocycles. The van der Waals surface area contributed by atoms with E-state index < -0.39 is 12.0 Å². The van der Waals surface area contributed by atoms with E-state index in [1.807, 2.05) is 115 Å². The molecule has 2 unspecified atom stereocenters. The molecule has 6 heteroatoms. The van der Waals surface area contributed by atoms with Gasteiger partial charge in [0.2, 0.25) is 0 Å². The summed E-state index contributed by atoms with van der Waals surface area (Å²) in [6.45, 7) is 1.77. The Bertz CT molecular complexity index is 3040. The number of nitrogens with zero attached hydrogens (tertiary/aromatic N) is 4. The van der Waals surface area contributed by atoms with Crippen LogP contribution in [0.4, 0.5) is 5.69 Å². The average molecular weight is 761 g/mol. The third kappa shape index (κ3) is 5.78.